The molecule has 0 bridgehead atoms. The fourth-order valence-corrected chi connectivity index (χ4v) is 9.98. The van der Waals surface area contributed by atoms with Gasteiger partial charge in [0.1, 0.15) is 11.2 Å². The number of hydrogen-bond acceptors (Lipinski definition) is 3. The Bertz CT molecular complexity index is 3980. The molecule has 0 aliphatic rings. The van der Waals surface area contributed by atoms with E-state index in [9.17, 15) is 0 Å². The van der Waals surface area contributed by atoms with Crippen LogP contribution in [0.25, 0.3) is 132 Å². The van der Waals surface area contributed by atoms with Gasteiger partial charge in [-0.1, -0.05) is 206 Å². The second-order valence-corrected chi connectivity index (χ2v) is 16.8. The highest BCUT2D eigenvalue weighted by molar-refractivity contribution is 6.28. The number of nitrogens with zero attached hydrogens (tertiary/aromatic N) is 2. The lowest BCUT2D eigenvalue weighted by molar-refractivity contribution is 0.670. The van der Waals surface area contributed by atoms with Gasteiger partial charge in [-0.05, 0) is 95.2 Å². The van der Waals surface area contributed by atoms with E-state index in [2.05, 4.69) is 200 Å². The third-order valence-electron chi connectivity index (χ3n) is 13.1. The minimum atomic E-state index is 0.689. The molecular formula is C62H38N2O. The molecule has 0 aliphatic heterocycles. The van der Waals surface area contributed by atoms with Gasteiger partial charge in [0.15, 0.2) is 5.82 Å². The number of furan rings is 1. The topological polar surface area (TPSA) is 38.9 Å². The molecule has 0 fully saturated rings. The Kier molecular flexibility index (Phi) is 8.53. The monoisotopic (exact) mass is 826 g/mol. The van der Waals surface area contributed by atoms with Crippen LogP contribution in [0.3, 0.4) is 0 Å². The molecule has 0 atom stereocenters. The van der Waals surface area contributed by atoms with E-state index in [0.29, 0.717) is 5.82 Å². The highest BCUT2D eigenvalue weighted by Gasteiger charge is 2.20. The van der Waals surface area contributed by atoms with Crippen molar-refractivity contribution in [2.75, 3.05) is 0 Å². The number of hydrogen-bond donors (Lipinski definition) is 0. The van der Waals surface area contributed by atoms with Gasteiger partial charge in [0.05, 0.1) is 11.4 Å². The van der Waals surface area contributed by atoms with Crippen LogP contribution >= 0.6 is 0 Å². The maximum absolute atomic E-state index is 6.39. The van der Waals surface area contributed by atoms with Crippen molar-refractivity contribution in [3.8, 4) is 67.3 Å². The van der Waals surface area contributed by atoms with Gasteiger partial charge in [0, 0.05) is 33.0 Å². The maximum atomic E-state index is 6.39. The van der Waals surface area contributed by atoms with Gasteiger partial charge in [0.2, 0.25) is 0 Å². The summed E-state index contributed by atoms with van der Waals surface area (Å²) in [6, 6.07) is 82.3. The van der Waals surface area contributed by atoms with Gasteiger partial charge < -0.3 is 4.42 Å². The van der Waals surface area contributed by atoms with Crippen LogP contribution in [0, 0.1) is 0 Å². The summed E-state index contributed by atoms with van der Waals surface area (Å²) < 4.78 is 6.39. The van der Waals surface area contributed by atoms with Gasteiger partial charge in [-0.25, -0.2) is 9.97 Å². The highest BCUT2D eigenvalue weighted by Crippen LogP contribution is 2.47. The van der Waals surface area contributed by atoms with Crippen LogP contribution in [-0.2, 0) is 0 Å². The fourth-order valence-electron chi connectivity index (χ4n) is 9.98. The molecule has 0 unspecified atom stereocenters. The van der Waals surface area contributed by atoms with Gasteiger partial charge in [-0.15, -0.1) is 0 Å². The zero-order chi connectivity index (χ0) is 42.8. The highest BCUT2D eigenvalue weighted by atomic mass is 16.3. The van der Waals surface area contributed by atoms with Crippen molar-refractivity contribution in [1.82, 2.24) is 9.97 Å². The summed E-state index contributed by atoms with van der Waals surface area (Å²) >= 11 is 0. The average molecular weight is 827 g/mol. The molecule has 13 aromatic rings. The SMILES string of the molecule is c1ccc(-c2nc(-c3ccc(-c4cccc5c4oc4ccccc45)cc3)cc(-c3ccc4cc(-c5c6ccccc6c(-c6ccccc6)c6ccc7ccccc7c56)ccc4c3)n2)cc1. The summed E-state index contributed by atoms with van der Waals surface area (Å²) in [6.45, 7) is 0. The summed E-state index contributed by atoms with van der Waals surface area (Å²) in [5.74, 6) is 0.689. The Morgan fingerprint density at radius 3 is 1.62 bits per heavy atom. The van der Waals surface area contributed by atoms with Crippen LogP contribution in [-0.4, -0.2) is 9.97 Å². The van der Waals surface area contributed by atoms with E-state index < -0.39 is 0 Å². The summed E-state index contributed by atoms with van der Waals surface area (Å²) in [4.78, 5) is 10.4. The van der Waals surface area contributed by atoms with Gasteiger partial charge in [-0.3, -0.25) is 0 Å². The Morgan fingerprint density at radius 1 is 0.292 bits per heavy atom. The predicted octanol–water partition coefficient (Wildman–Crippen LogP) is 17.0. The van der Waals surface area contributed by atoms with Gasteiger partial charge >= 0.3 is 0 Å². The second-order valence-electron chi connectivity index (χ2n) is 16.8. The molecule has 2 heterocycles. The lowest BCUT2D eigenvalue weighted by Crippen LogP contribution is -1.96. The third-order valence-corrected chi connectivity index (χ3v) is 13.1. The third kappa shape index (κ3) is 6.20. The van der Waals surface area contributed by atoms with Crippen molar-refractivity contribution < 1.29 is 4.42 Å². The smallest absolute Gasteiger partial charge is 0.160 e. The first-order valence-corrected chi connectivity index (χ1v) is 22.1. The summed E-state index contributed by atoms with van der Waals surface area (Å²) in [5.41, 5.74) is 13.6. The number of para-hydroxylation sites is 2. The molecule has 0 saturated carbocycles. The normalized spacial score (nSPS) is 11.7. The largest absolute Gasteiger partial charge is 0.455 e. The van der Waals surface area contributed by atoms with Crippen LogP contribution in [0.1, 0.15) is 0 Å². The van der Waals surface area contributed by atoms with E-state index in [1.165, 1.54) is 60.0 Å². The Hall–Kier alpha value is -8.66. The quantitative estimate of drug-likeness (QED) is 0.124. The van der Waals surface area contributed by atoms with Crippen molar-refractivity contribution >= 4 is 65.0 Å². The first-order valence-electron chi connectivity index (χ1n) is 22.1. The van der Waals surface area contributed by atoms with Crippen LogP contribution < -0.4 is 0 Å². The molecule has 11 aromatic carbocycles. The van der Waals surface area contributed by atoms with Crippen LogP contribution in [0.15, 0.2) is 235 Å². The lowest BCUT2D eigenvalue weighted by atomic mass is 9.83. The number of benzene rings is 11. The predicted molar refractivity (Wildman–Crippen MR) is 272 cm³/mol. The van der Waals surface area contributed by atoms with Crippen molar-refractivity contribution in [3.05, 3.63) is 231 Å². The molecule has 0 saturated heterocycles. The first-order chi connectivity index (χ1) is 32.2. The van der Waals surface area contributed by atoms with E-state index in [0.717, 1.165) is 66.5 Å². The summed E-state index contributed by atoms with van der Waals surface area (Å²) in [5, 5.41) is 12.1. The molecule has 0 spiro atoms. The van der Waals surface area contributed by atoms with E-state index in [4.69, 9.17) is 14.4 Å². The number of fused-ring (bicyclic) bond motifs is 8. The average Bonchev–Trinajstić information content (AvgIpc) is 3.77. The molecule has 0 amide bonds. The van der Waals surface area contributed by atoms with E-state index in [1.54, 1.807) is 0 Å². The number of aromatic nitrogens is 2. The van der Waals surface area contributed by atoms with E-state index in [1.807, 2.05) is 30.3 Å². The molecule has 302 valence electrons. The molecule has 0 aliphatic carbocycles. The number of rotatable bonds is 6. The van der Waals surface area contributed by atoms with Crippen molar-refractivity contribution in [2.24, 2.45) is 0 Å². The molecular weight excluding hydrogens is 789 g/mol. The maximum Gasteiger partial charge on any atom is 0.160 e. The molecule has 0 radical (unpaired) electrons. The summed E-state index contributed by atoms with van der Waals surface area (Å²) in [6.07, 6.45) is 0. The van der Waals surface area contributed by atoms with Crippen LogP contribution in [0.4, 0.5) is 0 Å². The standard InChI is InChI=1S/C62H38N2O/c1-3-15-42(16-4-1)58-51-21-9-10-22-52(51)59(60-48-19-8-7-14-39(48)34-35-54(58)60)47-33-31-44-36-46(32-30-45(44)37-47)56-38-55(63-62(64-56)43-17-5-2-6-18-43)41-28-26-40(27-29-41)49-23-13-24-53-50-20-11-12-25-57(50)65-61(49)53/h1-38H. The molecule has 3 nitrogen and oxygen atoms in total. The van der Waals surface area contributed by atoms with E-state index >= 15 is 0 Å². The minimum absolute atomic E-state index is 0.689. The van der Waals surface area contributed by atoms with Crippen LogP contribution in [0.2, 0.25) is 0 Å². The zero-order valence-electron chi connectivity index (χ0n) is 35.2. The minimum Gasteiger partial charge on any atom is -0.455 e. The molecule has 3 heteroatoms. The van der Waals surface area contributed by atoms with Crippen LogP contribution in [0.5, 0.6) is 0 Å². The molecule has 13 rings (SSSR count). The van der Waals surface area contributed by atoms with Gasteiger partial charge in [0.25, 0.3) is 0 Å². The van der Waals surface area contributed by atoms with E-state index in [-0.39, 0.29) is 0 Å². The Balaban J connectivity index is 0.931. The fraction of sp³-hybridized carbons (Fsp3) is 0. The van der Waals surface area contributed by atoms with Gasteiger partial charge in [-0.2, -0.15) is 0 Å². The summed E-state index contributed by atoms with van der Waals surface area (Å²) in [7, 11) is 0. The molecule has 65 heavy (non-hydrogen) atoms. The van der Waals surface area contributed by atoms with Crippen molar-refractivity contribution in [2.45, 2.75) is 0 Å². The molecule has 2 aromatic heterocycles. The van der Waals surface area contributed by atoms with Crippen molar-refractivity contribution in [1.29, 1.82) is 0 Å². The first kappa shape index (κ1) is 36.9. The lowest BCUT2D eigenvalue weighted by Gasteiger charge is -2.19. The Labute approximate surface area is 375 Å². The molecule has 0 N–H and O–H groups in total. The zero-order valence-corrected chi connectivity index (χ0v) is 35.2. The van der Waals surface area contributed by atoms with Crippen molar-refractivity contribution in [3.63, 3.8) is 0 Å². The Morgan fingerprint density at radius 2 is 0.846 bits per heavy atom. The second kappa shape index (κ2) is 15.0.